The van der Waals surface area contributed by atoms with Crippen LogP contribution in [0, 0.1) is 5.92 Å². The van der Waals surface area contributed by atoms with Crippen LogP contribution in [-0.2, 0) is 0 Å². The molecular weight excluding hydrogens is 244 g/mol. The van der Waals surface area contributed by atoms with Gasteiger partial charge in [-0.1, -0.05) is 13.3 Å². The molecule has 0 aliphatic heterocycles. The summed E-state index contributed by atoms with van der Waals surface area (Å²) in [7, 11) is 0. The molecule has 0 saturated heterocycles. The number of carbonyl (C=O) groups excluding carboxylic acids is 1. The number of aliphatic hydroxyl groups is 1. The van der Waals surface area contributed by atoms with Gasteiger partial charge in [0, 0.05) is 25.3 Å². The van der Waals surface area contributed by atoms with Crippen molar-refractivity contribution in [3.63, 3.8) is 0 Å². The van der Waals surface area contributed by atoms with E-state index >= 15 is 0 Å². The van der Waals surface area contributed by atoms with Crippen molar-refractivity contribution in [3.05, 3.63) is 12.3 Å². The summed E-state index contributed by atoms with van der Waals surface area (Å²) < 4.78 is 1.75. The van der Waals surface area contributed by atoms with Crippen LogP contribution in [0.2, 0.25) is 0 Å². The molecule has 0 aliphatic carbocycles. The molecule has 1 atom stereocenters. The summed E-state index contributed by atoms with van der Waals surface area (Å²) in [5, 5.41) is 18.7. The molecule has 0 bridgehead atoms. The van der Waals surface area contributed by atoms with Gasteiger partial charge in [-0.05, 0) is 26.2 Å². The Morgan fingerprint density at radius 2 is 2.26 bits per heavy atom. The lowest BCUT2D eigenvalue weighted by Gasteiger charge is -2.16. The summed E-state index contributed by atoms with van der Waals surface area (Å²) in [6, 6.07) is 1.73. The quantitative estimate of drug-likeness (QED) is 0.707. The van der Waals surface area contributed by atoms with E-state index in [0.717, 1.165) is 6.42 Å². The minimum Gasteiger partial charge on any atom is -0.396 e. The third-order valence-corrected chi connectivity index (χ3v) is 3.07. The third-order valence-electron chi connectivity index (χ3n) is 3.07. The molecule has 0 saturated carbocycles. The number of aromatic nitrogens is 2. The lowest BCUT2D eigenvalue weighted by molar-refractivity contribution is 0.238. The van der Waals surface area contributed by atoms with Gasteiger partial charge in [0.2, 0.25) is 0 Å². The smallest absolute Gasteiger partial charge is 0.320 e. The van der Waals surface area contributed by atoms with E-state index in [1.807, 2.05) is 20.8 Å². The molecule has 3 N–H and O–H groups in total. The van der Waals surface area contributed by atoms with Crippen LogP contribution in [0.5, 0.6) is 0 Å². The molecule has 1 rings (SSSR count). The van der Waals surface area contributed by atoms with Crippen LogP contribution >= 0.6 is 0 Å². The Morgan fingerprint density at radius 3 is 2.84 bits per heavy atom. The first-order valence-corrected chi connectivity index (χ1v) is 6.77. The van der Waals surface area contributed by atoms with E-state index in [0.29, 0.717) is 24.7 Å². The fraction of sp³-hybridized carbons (Fsp3) is 0.692. The summed E-state index contributed by atoms with van der Waals surface area (Å²) >= 11 is 0. The zero-order chi connectivity index (χ0) is 14.3. The van der Waals surface area contributed by atoms with E-state index in [-0.39, 0.29) is 18.7 Å². The van der Waals surface area contributed by atoms with Crippen molar-refractivity contribution in [2.24, 2.45) is 5.92 Å². The average molecular weight is 268 g/mol. The van der Waals surface area contributed by atoms with E-state index in [1.54, 1.807) is 16.9 Å². The molecule has 0 aromatic carbocycles. The fourth-order valence-electron chi connectivity index (χ4n) is 1.86. The van der Waals surface area contributed by atoms with E-state index in [9.17, 15) is 4.79 Å². The Kier molecular flexibility index (Phi) is 6.35. The second-order valence-electron chi connectivity index (χ2n) is 4.88. The van der Waals surface area contributed by atoms with Crippen LogP contribution in [-0.4, -0.2) is 34.1 Å². The number of rotatable bonds is 7. The van der Waals surface area contributed by atoms with Gasteiger partial charge < -0.3 is 10.4 Å². The predicted octanol–water partition coefficient (Wildman–Crippen LogP) is 1.99. The van der Waals surface area contributed by atoms with E-state index in [4.69, 9.17) is 5.11 Å². The van der Waals surface area contributed by atoms with Crippen molar-refractivity contribution < 1.29 is 9.90 Å². The van der Waals surface area contributed by atoms with Crippen LogP contribution in [0.1, 0.15) is 39.7 Å². The second-order valence-corrected chi connectivity index (χ2v) is 4.88. The van der Waals surface area contributed by atoms with Crippen LogP contribution in [0.3, 0.4) is 0 Å². The molecule has 1 aromatic rings. The van der Waals surface area contributed by atoms with Gasteiger partial charge in [0.1, 0.15) is 5.82 Å². The number of urea groups is 1. The highest BCUT2D eigenvalue weighted by molar-refractivity contribution is 5.88. The molecule has 1 aromatic heterocycles. The van der Waals surface area contributed by atoms with Gasteiger partial charge in [0.25, 0.3) is 0 Å². The molecule has 2 amide bonds. The molecule has 6 nitrogen and oxygen atoms in total. The highest BCUT2D eigenvalue weighted by Crippen LogP contribution is 2.12. The fourth-order valence-corrected chi connectivity index (χ4v) is 1.86. The average Bonchev–Trinajstić information content (AvgIpc) is 2.82. The summed E-state index contributed by atoms with van der Waals surface area (Å²) in [6.45, 7) is 6.78. The Hall–Kier alpha value is -1.56. The van der Waals surface area contributed by atoms with Crippen molar-refractivity contribution >= 4 is 11.8 Å². The largest absolute Gasteiger partial charge is 0.396 e. The first-order chi connectivity index (χ1) is 9.08. The van der Waals surface area contributed by atoms with Crippen LogP contribution < -0.4 is 10.6 Å². The molecule has 1 unspecified atom stereocenters. The van der Waals surface area contributed by atoms with Gasteiger partial charge in [-0.2, -0.15) is 5.10 Å². The Labute approximate surface area is 114 Å². The Morgan fingerprint density at radius 1 is 1.53 bits per heavy atom. The third kappa shape index (κ3) is 4.90. The number of aliphatic hydroxyl groups excluding tert-OH is 1. The van der Waals surface area contributed by atoms with E-state index < -0.39 is 0 Å². The number of carbonyl (C=O) groups is 1. The van der Waals surface area contributed by atoms with Gasteiger partial charge in [-0.15, -0.1) is 0 Å². The van der Waals surface area contributed by atoms with Gasteiger partial charge in [0.05, 0.1) is 6.20 Å². The van der Waals surface area contributed by atoms with Crippen molar-refractivity contribution in [2.45, 2.75) is 39.7 Å². The zero-order valence-electron chi connectivity index (χ0n) is 11.9. The highest BCUT2D eigenvalue weighted by atomic mass is 16.3. The molecule has 108 valence electrons. The monoisotopic (exact) mass is 268 g/mol. The summed E-state index contributed by atoms with van der Waals surface area (Å²) in [5.41, 5.74) is 0. The minimum absolute atomic E-state index is 0.155. The summed E-state index contributed by atoms with van der Waals surface area (Å²) in [5.74, 6) is 0.994. The number of anilines is 1. The summed E-state index contributed by atoms with van der Waals surface area (Å²) in [4.78, 5) is 11.8. The Bertz CT molecular complexity index is 390. The van der Waals surface area contributed by atoms with Crippen molar-refractivity contribution in [1.82, 2.24) is 15.1 Å². The van der Waals surface area contributed by atoms with Crippen LogP contribution in [0.4, 0.5) is 10.6 Å². The number of hydrogen-bond donors (Lipinski definition) is 3. The zero-order valence-corrected chi connectivity index (χ0v) is 11.9. The molecular formula is C13H24N4O2. The number of amides is 2. The topological polar surface area (TPSA) is 79.2 Å². The van der Waals surface area contributed by atoms with Gasteiger partial charge in [-0.3, -0.25) is 5.32 Å². The van der Waals surface area contributed by atoms with Crippen LogP contribution in [0.25, 0.3) is 0 Å². The first-order valence-electron chi connectivity index (χ1n) is 6.77. The number of nitrogens with one attached hydrogen (secondary N) is 2. The molecule has 0 spiro atoms. The molecule has 1 heterocycles. The molecule has 19 heavy (non-hydrogen) atoms. The normalized spacial score (nSPS) is 12.5. The Balaban J connectivity index is 2.44. The SMILES string of the molecule is CCC(CCO)CNC(=O)Nc1ccnn1C(C)C. The maximum atomic E-state index is 11.8. The second kappa shape index (κ2) is 7.78. The van der Waals surface area contributed by atoms with Crippen molar-refractivity contribution in [2.75, 3.05) is 18.5 Å². The van der Waals surface area contributed by atoms with Crippen molar-refractivity contribution in [3.8, 4) is 0 Å². The number of hydrogen-bond acceptors (Lipinski definition) is 3. The lowest BCUT2D eigenvalue weighted by Crippen LogP contribution is -2.34. The van der Waals surface area contributed by atoms with Crippen molar-refractivity contribution in [1.29, 1.82) is 0 Å². The maximum Gasteiger partial charge on any atom is 0.320 e. The standard InChI is InChI=1S/C13H24N4O2/c1-4-11(6-8-18)9-14-13(19)16-12-5-7-15-17(12)10(2)3/h5,7,10-11,18H,4,6,8-9H2,1-3H3,(H2,14,16,19). The highest BCUT2D eigenvalue weighted by Gasteiger charge is 2.11. The molecule has 0 radical (unpaired) electrons. The molecule has 6 heteroatoms. The van der Waals surface area contributed by atoms with Crippen LogP contribution in [0.15, 0.2) is 12.3 Å². The molecule has 0 fully saturated rings. The maximum absolute atomic E-state index is 11.8. The minimum atomic E-state index is -0.237. The van der Waals surface area contributed by atoms with Gasteiger partial charge >= 0.3 is 6.03 Å². The van der Waals surface area contributed by atoms with Gasteiger partial charge in [-0.25, -0.2) is 9.48 Å². The lowest BCUT2D eigenvalue weighted by atomic mass is 10.0. The first kappa shape index (κ1) is 15.5. The van der Waals surface area contributed by atoms with E-state index in [1.165, 1.54) is 0 Å². The molecule has 0 aliphatic rings. The summed E-state index contributed by atoms with van der Waals surface area (Å²) in [6.07, 6.45) is 3.31. The van der Waals surface area contributed by atoms with Gasteiger partial charge in [0.15, 0.2) is 0 Å². The number of nitrogens with zero attached hydrogens (tertiary/aromatic N) is 2. The van der Waals surface area contributed by atoms with E-state index in [2.05, 4.69) is 15.7 Å². The predicted molar refractivity (Wildman–Crippen MR) is 75.1 cm³/mol.